The first-order chi connectivity index (χ1) is 19.4. The molecule has 7 nitrogen and oxygen atoms in total. The third kappa shape index (κ3) is 7.92. The van der Waals surface area contributed by atoms with E-state index in [9.17, 15) is 22.4 Å². The largest absolute Gasteiger partial charge is 0.352 e. The number of nitrogens with zero attached hydrogens (tertiary/aromatic N) is 2. The summed E-state index contributed by atoms with van der Waals surface area (Å²) in [6.07, 6.45) is 0.894. The van der Waals surface area contributed by atoms with Gasteiger partial charge in [-0.05, 0) is 62.2 Å². The van der Waals surface area contributed by atoms with Gasteiger partial charge < -0.3 is 10.2 Å². The Kier molecular flexibility index (Phi) is 11.4. The number of amides is 2. The second-order valence-electron chi connectivity index (χ2n) is 9.39. The van der Waals surface area contributed by atoms with Crippen molar-refractivity contribution in [1.29, 1.82) is 0 Å². The molecular formula is C29H31Cl3FN3O4S. The van der Waals surface area contributed by atoms with Crippen molar-refractivity contribution in [3.8, 4) is 0 Å². The van der Waals surface area contributed by atoms with Crippen LogP contribution in [0.25, 0.3) is 0 Å². The van der Waals surface area contributed by atoms with Crippen LogP contribution >= 0.6 is 34.8 Å². The van der Waals surface area contributed by atoms with Gasteiger partial charge in [0.1, 0.15) is 18.4 Å². The molecule has 0 radical (unpaired) electrons. The fraction of sp³-hybridized carbons (Fsp3) is 0.310. The second-order valence-corrected chi connectivity index (χ2v) is 12.5. The summed E-state index contributed by atoms with van der Waals surface area (Å²) in [5, 5.41) is 3.15. The van der Waals surface area contributed by atoms with Gasteiger partial charge in [-0.15, -0.1) is 0 Å². The molecule has 0 aliphatic heterocycles. The minimum absolute atomic E-state index is 0.0264. The van der Waals surface area contributed by atoms with Crippen molar-refractivity contribution < 1.29 is 22.4 Å². The van der Waals surface area contributed by atoms with E-state index >= 15 is 0 Å². The summed E-state index contributed by atoms with van der Waals surface area (Å²) in [5.41, 5.74) is 0.378. The number of nitrogens with one attached hydrogen (secondary N) is 1. The number of carbonyl (C=O) groups excluding carboxylic acids is 2. The highest BCUT2D eigenvalue weighted by atomic mass is 35.5. The first kappa shape index (κ1) is 32.7. The van der Waals surface area contributed by atoms with E-state index in [0.717, 1.165) is 16.4 Å². The highest BCUT2D eigenvalue weighted by Gasteiger charge is 2.34. The maximum atomic E-state index is 14.1. The molecule has 0 aromatic heterocycles. The van der Waals surface area contributed by atoms with Gasteiger partial charge in [0.2, 0.25) is 11.8 Å². The minimum atomic E-state index is -4.33. The molecule has 0 aliphatic rings. The van der Waals surface area contributed by atoms with Gasteiger partial charge in [-0.1, -0.05) is 72.9 Å². The van der Waals surface area contributed by atoms with Crippen molar-refractivity contribution in [2.24, 2.45) is 0 Å². The Morgan fingerprint density at radius 2 is 1.54 bits per heavy atom. The fourth-order valence-electron chi connectivity index (χ4n) is 4.10. The van der Waals surface area contributed by atoms with E-state index in [2.05, 4.69) is 5.32 Å². The smallest absolute Gasteiger partial charge is 0.264 e. The Labute approximate surface area is 255 Å². The number of rotatable bonds is 12. The lowest BCUT2D eigenvalue weighted by Gasteiger charge is -2.34. The van der Waals surface area contributed by atoms with Crippen molar-refractivity contribution >= 4 is 62.3 Å². The van der Waals surface area contributed by atoms with Crippen LogP contribution in [0, 0.1) is 5.82 Å². The first-order valence-corrected chi connectivity index (χ1v) is 15.5. The van der Waals surface area contributed by atoms with Gasteiger partial charge in [0.15, 0.2) is 0 Å². The molecule has 220 valence electrons. The standard InChI is InChI=1S/C29H31Cl3FN3O4S/c1-4-19(3)34-29(38)27(5-2)35(17-22-23(30)12-9-13-24(22)31)28(37)18-36(20-14-15-26(33)25(32)16-20)41(39,40)21-10-7-6-8-11-21/h6-16,19,27H,4-5,17-18H2,1-3H3,(H,34,38)/t19-,27+/m1/s1. The predicted molar refractivity (Wildman–Crippen MR) is 161 cm³/mol. The zero-order chi connectivity index (χ0) is 30.3. The number of benzene rings is 3. The van der Waals surface area contributed by atoms with E-state index < -0.39 is 40.2 Å². The molecule has 2 amide bonds. The maximum Gasteiger partial charge on any atom is 0.264 e. The van der Waals surface area contributed by atoms with E-state index in [1.807, 2.05) is 13.8 Å². The summed E-state index contributed by atoms with van der Waals surface area (Å²) >= 11 is 18.8. The van der Waals surface area contributed by atoms with E-state index in [-0.39, 0.29) is 44.7 Å². The molecule has 1 N–H and O–H groups in total. The first-order valence-electron chi connectivity index (χ1n) is 13.0. The average Bonchev–Trinajstić information content (AvgIpc) is 2.94. The lowest BCUT2D eigenvalue weighted by molar-refractivity contribution is -0.140. The molecule has 41 heavy (non-hydrogen) atoms. The van der Waals surface area contributed by atoms with Crippen LogP contribution in [0.1, 0.15) is 39.2 Å². The number of hydrogen-bond donors (Lipinski definition) is 1. The maximum absolute atomic E-state index is 14.1. The van der Waals surface area contributed by atoms with Gasteiger partial charge in [0, 0.05) is 28.2 Å². The average molecular weight is 643 g/mol. The van der Waals surface area contributed by atoms with Crippen molar-refractivity contribution in [3.63, 3.8) is 0 Å². The van der Waals surface area contributed by atoms with Crippen LogP contribution < -0.4 is 9.62 Å². The molecule has 12 heteroatoms. The third-order valence-electron chi connectivity index (χ3n) is 6.58. The molecule has 0 spiro atoms. The lowest BCUT2D eigenvalue weighted by Crippen LogP contribution is -2.53. The zero-order valence-corrected chi connectivity index (χ0v) is 25.9. The SMILES string of the molecule is CC[C@@H](C)NC(=O)[C@H](CC)N(Cc1c(Cl)cccc1Cl)C(=O)CN(c1ccc(F)c(Cl)c1)S(=O)(=O)c1ccccc1. The summed E-state index contributed by atoms with van der Waals surface area (Å²) in [6, 6.07) is 14.6. The molecule has 3 rings (SSSR count). The Bertz CT molecular complexity index is 1470. The van der Waals surface area contributed by atoms with Crippen molar-refractivity contribution in [3.05, 3.63) is 93.2 Å². The van der Waals surface area contributed by atoms with Crippen LogP contribution in [0.2, 0.25) is 15.1 Å². The predicted octanol–water partition coefficient (Wildman–Crippen LogP) is 6.70. The summed E-state index contributed by atoms with van der Waals surface area (Å²) in [4.78, 5) is 28.6. The van der Waals surface area contributed by atoms with Crippen LogP contribution in [-0.2, 0) is 26.2 Å². The normalized spacial score (nSPS) is 12.9. The van der Waals surface area contributed by atoms with E-state index in [4.69, 9.17) is 34.8 Å². The Hall–Kier alpha value is -2.85. The van der Waals surface area contributed by atoms with Gasteiger partial charge in [-0.2, -0.15) is 0 Å². The molecule has 0 saturated carbocycles. The monoisotopic (exact) mass is 641 g/mol. The summed E-state index contributed by atoms with van der Waals surface area (Å²) in [6.45, 7) is 4.63. The van der Waals surface area contributed by atoms with Gasteiger partial charge in [-0.25, -0.2) is 12.8 Å². The molecular weight excluding hydrogens is 612 g/mol. The minimum Gasteiger partial charge on any atom is -0.352 e. The van der Waals surface area contributed by atoms with E-state index in [1.54, 1.807) is 43.3 Å². The molecule has 2 atom stereocenters. The molecule has 0 aliphatic carbocycles. The topological polar surface area (TPSA) is 86.8 Å². The Morgan fingerprint density at radius 3 is 2.10 bits per heavy atom. The van der Waals surface area contributed by atoms with E-state index in [0.29, 0.717) is 12.0 Å². The van der Waals surface area contributed by atoms with Crippen LogP contribution in [-0.4, -0.2) is 43.8 Å². The number of sulfonamides is 1. The number of carbonyl (C=O) groups is 2. The molecule has 0 heterocycles. The van der Waals surface area contributed by atoms with Crippen LogP contribution in [0.5, 0.6) is 0 Å². The van der Waals surface area contributed by atoms with Crippen molar-refractivity contribution in [2.75, 3.05) is 10.8 Å². The zero-order valence-electron chi connectivity index (χ0n) is 22.8. The highest BCUT2D eigenvalue weighted by molar-refractivity contribution is 7.92. The van der Waals surface area contributed by atoms with Gasteiger partial charge in [0.05, 0.1) is 15.6 Å². The molecule has 3 aromatic carbocycles. The highest BCUT2D eigenvalue weighted by Crippen LogP contribution is 2.30. The second kappa shape index (κ2) is 14.4. The van der Waals surface area contributed by atoms with E-state index in [1.165, 1.54) is 23.1 Å². The number of hydrogen-bond acceptors (Lipinski definition) is 4. The number of anilines is 1. The van der Waals surface area contributed by atoms with Crippen LogP contribution in [0.3, 0.4) is 0 Å². The molecule has 0 unspecified atom stereocenters. The van der Waals surface area contributed by atoms with Gasteiger partial charge in [-0.3, -0.25) is 13.9 Å². The third-order valence-corrected chi connectivity index (χ3v) is 9.36. The summed E-state index contributed by atoms with van der Waals surface area (Å²) in [5.74, 6) is -1.85. The molecule has 0 bridgehead atoms. The Morgan fingerprint density at radius 1 is 0.902 bits per heavy atom. The molecule has 0 fully saturated rings. The molecule has 0 saturated heterocycles. The van der Waals surface area contributed by atoms with Crippen LogP contribution in [0.15, 0.2) is 71.6 Å². The quantitative estimate of drug-likeness (QED) is 0.238. The van der Waals surface area contributed by atoms with Gasteiger partial charge in [0.25, 0.3) is 10.0 Å². The van der Waals surface area contributed by atoms with Crippen molar-refractivity contribution in [1.82, 2.24) is 10.2 Å². The Balaban J connectivity index is 2.11. The number of halogens is 4. The summed E-state index contributed by atoms with van der Waals surface area (Å²) in [7, 11) is -4.33. The van der Waals surface area contributed by atoms with Crippen LogP contribution in [0.4, 0.5) is 10.1 Å². The van der Waals surface area contributed by atoms with Gasteiger partial charge >= 0.3 is 0 Å². The fourth-order valence-corrected chi connectivity index (χ4v) is 6.22. The molecule has 3 aromatic rings. The lowest BCUT2D eigenvalue weighted by atomic mass is 10.1. The van der Waals surface area contributed by atoms with Crippen molar-refractivity contribution in [2.45, 2.75) is 57.1 Å². The summed E-state index contributed by atoms with van der Waals surface area (Å²) < 4.78 is 42.5.